The van der Waals surface area contributed by atoms with Crippen LogP contribution in [0.15, 0.2) is 6.20 Å². The lowest BCUT2D eigenvalue weighted by molar-refractivity contribution is 0.654. The monoisotopic (exact) mass is 123 g/mol. The van der Waals surface area contributed by atoms with E-state index in [2.05, 4.69) is 18.1 Å². The van der Waals surface area contributed by atoms with Crippen molar-refractivity contribution in [3.8, 4) is 0 Å². The molecule has 0 N–H and O–H groups in total. The lowest BCUT2D eigenvalue weighted by atomic mass is 10.5. The maximum atomic E-state index is 4.04. The van der Waals surface area contributed by atoms with Gasteiger partial charge in [-0.3, -0.25) is 0 Å². The molecule has 0 spiro atoms. The van der Waals surface area contributed by atoms with Crippen molar-refractivity contribution >= 4 is 0 Å². The van der Waals surface area contributed by atoms with Crippen molar-refractivity contribution in [3.63, 3.8) is 0 Å². The molecule has 0 saturated heterocycles. The minimum Gasteiger partial charge on any atom is -0.327 e. The summed E-state index contributed by atoms with van der Waals surface area (Å²) in [6.07, 6.45) is 5.87. The Morgan fingerprint density at radius 2 is 2.56 bits per heavy atom. The molecule has 1 radical (unpaired) electrons. The van der Waals surface area contributed by atoms with Crippen molar-refractivity contribution in [2.75, 3.05) is 0 Å². The number of rotatable bonds is 2. The third-order valence-corrected chi connectivity index (χ3v) is 1.30. The Bertz CT molecular complexity index is 179. The van der Waals surface area contributed by atoms with Crippen LogP contribution >= 0.6 is 0 Å². The third-order valence-electron chi connectivity index (χ3n) is 1.30. The summed E-state index contributed by atoms with van der Waals surface area (Å²) in [5, 5.41) is 0. The molecule has 0 aliphatic rings. The number of hydrogen-bond acceptors (Lipinski definition) is 1. The summed E-state index contributed by atoms with van der Waals surface area (Å²) >= 11 is 0. The van der Waals surface area contributed by atoms with Crippen molar-refractivity contribution in [2.24, 2.45) is 0 Å². The molecule has 0 saturated carbocycles. The van der Waals surface area contributed by atoms with E-state index in [-0.39, 0.29) is 0 Å². The highest BCUT2D eigenvalue weighted by Crippen LogP contribution is 1.94. The molecule has 1 rings (SSSR count). The summed E-state index contributed by atoms with van der Waals surface area (Å²) in [5.41, 5.74) is 0. The van der Waals surface area contributed by atoms with Gasteiger partial charge < -0.3 is 4.57 Å². The van der Waals surface area contributed by atoms with Gasteiger partial charge >= 0.3 is 0 Å². The number of hydrogen-bond donors (Lipinski definition) is 0. The second-order valence-corrected chi connectivity index (χ2v) is 2.09. The molecule has 2 nitrogen and oxygen atoms in total. The summed E-state index contributed by atoms with van der Waals surface area (Å²) < 4.78 is 2.03. The molecule has 0 fully saturated rings. The molecular formula is C7H11N2. The second-order valence-electron chi connectivity index (χ2n) is 2.09. The first kappa shape index (κ1) is 6.33. The van der Waals surface area contributed by atoms with E-state index in [0.29, 0.717) is 0 Å². The van der Waals surface area contributed by atoms with Crippen molar-refractivity contribution in [2.45, 2.75) is 26.8 Å². The standard InChI is InChI=1S/C7H11N2/c1-3-5-9-6-4-8-7(9)2/h4H,3,5H2,1-2H3. The van der Waals surface area contributed by atoms with Gasteiger partial charge in [0.05, 0.1) is 12.4 Å². The predicted octanol–water partition coefficient (Wildman–Crippen LogP) is 1.40. The van der Waals surface area contributed by atoms with E-state index in [1.807, 2.05) is 11.5 Å². The molecule has 2 heteroatoms. The van der Waals surface area contributed by atoms with Gasteiger partial charge in [-0.25, -0.2) is 4.98 Å². The van der Waals surface area contributed by atoms with Crippen LogP contribution in [0, 0.1) is 13.1 Å². The van der Waals surface area contributed by atoms with Crippen LogP contribution in [0.2, 0.25) is 0 Å². The van der Waals surface area contributed by atoms with Crippen LogP contribution in [0.3, 0.4) is 0 Å². The molecule has 0 aliphatic heterocycles. The molecule has 1 aromatic heterocycles. The summed E-state index contributed by atoms with van der Waals surface area (Å²) in [6, 6.07) is 0. The van der Waals surface area contributed by atoms with Gasteiger partial charge in [0.1, 0.15) is 5.82 Å². The molecule has 49 valence electrons. The fourth-order valence-corrected chi connectivity index (χ4v) is 0.805. The zero-order valence-electron chi connectivity index (χ0n) is 5.89. The molecule has 1 heterocycles. The van der Waals surface area contributed by atoms with Crippen molar-refractivity contribution in [3.05, 3.63) is 18.2 Å². The number of aryl methyl sites for hydroxylation is 2. The van der Waals surface area contributed by atoms with E-state index in [4.69, 9.17) is 0 Å². The van der Waals surface area contributed by atoms with Crippen LogP contribution in [0.1, 0.15) is 19.2 Å². The fourth-order valence-electron chi connectivity index (χ4n) is 0.805. The van der Waals surface area contributed by atoms with E-state index in [0.717, 1.165) is 18.8 Å². The summed E-state index contributed by atoms with van der Waals surface area (Å²) in [4.78, 5) is 4.04. The molecule has 1 aromatic rings. The van der Waals surface area contributed by atoms with Crippen molar-refractivity contribution < 1.29 is 0 Å². The van der Waals surface area contributed by atoms with Crippen LogP contribution in [-0.4, -0.2) is 9.55 Å². The highest BCUT2D eigenvalue weighted by Gasteiger charge is 1.92. The first-order chi connectivity index (χ1) is 4.34. The lowest BCUT2D eigenvalue weighted by Gasteiger charge is -1.98. The van der Waals surface area contributed by atoms with Gasteiger partial charge in [0.15, 0.2) is 0 Å². The molecule has 0 atom stereocenters. The Labute approximate surface area is 55.5 Å². The summed E-state index contributed by atoms with van der Waals surface area (Å²) in [5.74, 6) is 1.05. The highest BCUT2D eigenvalue weighted by molar-refractivity contribution is 4.86. The second kappa shape index (κ2) is 2.67. The smallest absolute Gasteiger partial charge is 0.106 e. The minimum atomic E-state index is 1.03. The van der Waals surface area contributed by atoms with Crippen molar-refractivity contribution in [1.82, 2.24) is 9.55 Å². The van der Waals surface area contributed by atoms with E-state index in [9.17, 15) is 0 Å². The number of aromatic nitrogens is 2. The quantitative estimate of drug-likeness (QED) is 0.581. The van der Waals surface area contributed by atoms with E-state index >= 15 is 0 Å². The Kier molecular flexibility index (Phi) is 1.88. The molecule has 9 heavy (non-hydrogen) atoms. The van der Waals surface area contributed by atoms with Gasteiger partial charge in [-0.1, -0.05) is 6.92 Å². The van der Waals surface area contributed by atoms with Crippen LogP contribution in [0.25, 0.3) is 0 Å². The molecule has 0 aliphatic carbocycles. The van der Waals surface area contributed by atoms with Gasteiger partial charge in [-0.2, -0.15) is 0 Å². The van der Waals surface area contributed by atoms with E-state index < -0.39 is 0 Å². The summed E-state index contributed by atoms with van der Waals surface area (Å²) in [7, 11) is 0. The number of nitrogens with zero attached hydrogens (tertiary/aromatic N) is 2. The van der Waals surface area contributed by atoms with Crippen LogP contribution in [0.5, 0.6) is 0 Å². The van der Waals surface area contributed by atoms with Gasteiger partial charge in [0.2, 0.25) is 0 Å². The zero-order valence-corrected chi connectivity index (χ0v) is 5.89. The molecule has 0 bridgehead atoms. The SMILES string of the molecule is CCCn1[c]cnc1C. The summed E-state index contributed by atoms with van der Waals surface area (Å²) in [6.45, 7) is 5.17. The van der Waals surface area contributed by atoms with Gasteiger partial charge in [-0.05, 0) is 13.3 Å². The molecule has 0 aromatic carbocycles. The van der Waals surface area contributed by atoms with E-state index in [1.54, 1.807) is 6.20 Å². The topological polar surface area (TPSA) is 17.8 Å². The Hall–Kier alpha value is -0.790. The fraction of sp³-hybridized carbons (Fsp3) is 0.571. The normalized spacial score (nSPS) is 10.0. The highest BCUT2D eigenvalue weighted by atomic mass is 15.0. The Balaban J connectivity index is 2.69. The first-order valence-corrected chi connectivity index (χ1v) is 3.24. The molecule has 0 amide bonds. The first-order valence-electron chi connectivity index (χ1n) is 3.24. The zero-order chi connectivity index (χ0) is 6.69. The molecular weight excluding hydrogens is 112 g/mol. The van der Waals surface area contributed by atoms with Gasteiger partial charge in [-0.15, -0.1) is 0 Å². The van der Waals surface area contributed by atoms with Gasteiger partial charge in [0.25, 0.3) is 0 Å². The lowest BCUT2D eigenvalue weighted by Crippen LogP contribution is -1.97. The predicted molar refractivity (Wildman–Crippen MR) is 36.1 cm³/mol. The Morgan fingerprint density at radius 3 is 3.00 bits per heavy atom. The Morgan fingerprint density at radius 1 is 1.78 bits per heavy atom. The molecule has 0 unspecified atom stereocenters. The maximum Gasteiger partial charge on any atom is 0.106 e. The minimum absolute atomic E-state index is 1.03. The maximum absolute atomic E-state index is 4.04. The van der Waals surface area contributed by atoms with Gasteiger partial charge in [0, 0.05) is 6.54 Å². The van der Waals surface area contributed by atoms with Crippen LogP contribution < -0.4 is 0 Å². The van der Waals surface area contributed by atoms with Crippen molar-refractivity contribution in [1.29, 1.82) is 0 Å². The average molecular weight is 123 g/mol. The average Bonchev–Trinajstić information content (AvgIpc) is 2.18. The van der Waals surface area contributed by atoms with Crippen LogP contribution in [-0.2, 0) is 6.54 Å². The number of imidazole rings is 1. The largest absolute Gasteiger partial charge is 0.327 e. The van der Waals surface area contributed by atoms with Crippen LogP contribution in [0.4, 0.5) is 0 Å². The third kappa shape index (κ3) is 1.31. The van der Waals surface area contributed by atoms with E-state index in [1.165, 1.54) is 0 Å².